The minimum Gasteiger partial charge on any atom is -0.447 e. The van der Waals surface area contributed by atoms with Gasteiger partial charge in [0, 0.05) is 0 Å². The fourth-order valence-corrected chi connectivity index (χ4v) is 1.05. The molecule has 2 rings (SSSR count). The largest absolute Gasteiger partial charge is 0.447 e. The van der Waals surface area contributed by atoms with Gasteiger partial charge in [-0.05, 0) is 25.3 Å². The highest BCUT2D eigenvalue weighted by molar-refractivity contribution is 4.87. The van der Waals surface area contributed by atoms with Gasteiger partial charge in [-0.25, -0.2) is 4.98 Å². The predicted molar refractivity (Wildman–Crippen MR) is 40.9 cm³/mol. The highest BCUT2D eigenvalue weighted by Crippen LogP contribution is 2.27. The molecule has 1 aromatic rings. The van der Waals surface area contributed by atoms with Crippen LogP contribution < -0.4 is 5.32 Å². The molecule has 1 heterocycles. The Balaban J connectivity index is 1.66. The molecule has 1 fully saturated rings. The topological polar surface area (TPSA) is 38.1 Å². The Morgan fingerprint density at radius 1 is 1.64 bits per heavy atom. The predicted octanol–water partition coefficient (Wildman–Crippen LogP) is 1.17. The number of aromatic nitrogens is 1. The summed E-state index contributed by atoms with van der Waals surface area (Å²) in [4.78, 5) is 3.83. The van der Waals surface area contributed by atoms with E-state index in [1.165, 1.54) is 19.2 Å². The van der Waals surface area contributed by atoms with Gasteiger partial charge in [-0.2, -0.15) is 0 Å². The summed E-state index contributed by atoms with van der Waals surface area (Å²) in [5.41, 5.74) is 0. The van der Waals surface area contributed by atoms with Gasteiger partial charge in [0.25, 0.3) is 0 Å². The molecule has 0 bridgehead atoms. The van der Waals surface area contributed by atoms with E-state index in [9.17, 15) is 0 Å². The number of oxazole rings is 1. The van der Waals surface area contributed by atoms with Crippen molar-refractivity contribution in [3.63, 3.8) is 0 Å². The first kappa shape index (κ1) is 6.85. The molecular formula is C8H12N2O. The summed E-state index contributed by atoms with van der Waals surface area (Å²) in [5, 5.41) is 3.32. The van der Waals surface area contributed by atoms with Crippen molar-refractivity contribution in [3.05, 3.63) is 18.4 Å². The van der Waals surface area contributed by atoms with Crippen LogP contribution in [0.5, 0.6) is 0 Å². The Labute approximate surface area is 65.8 Å². The van der Waals surface area contributed by atoms with E-state index < -0.39 is 0 Å². The van der Waals surface area contributed by atoms with E-state index in [1.807, 2.05) is 0 Å². The molecule has 3 nitrogen and oxygen atoms in total. The molecule has 60 valence electrons. The molecule has 1 aliphatic rings. The third kappa shape index (κ3) is 2.05. The van der Waals surface area contributed by atoms with Crippen LogP contribution in [0.1, 0.15) is 18.6 Å². The maximum Gasteiger partial charge on any atom is 0.180 e. The minimum absolute atomic E-state index is 0.816. The van der Waals surface area contributed by atoms with Gasteiger partial charge >= 0.3 is 0 Å². The molecule has 0 radical (unpaired) electrons. The average Bonchev–Trinajstić information content (AvgIpc) is 2.66. The maximum absolute atomic E-state index is 5.06. The van der Waals surface area contributed by atoms with Gasteiger partial charge < -0.3 is 9.73 Å². The first-order valence-corrected chi connectivity index (χ1v) is 4.03. The number of rotatable bonds is 4. The van der Waals surface area contributed by atoms with Crippen molar-refractivity contribution in [1.82, 2.24) is 10.3 Å². The minimum atomic E-state index is 0.816. The number of hydrogen-bond donors (Lipinski definition) is 1. The summed E-state index contributed by atoms with van der Waals surface area (Å²) in [7, 11) is 0. The van der Waals surface area contributed by atoms with Crippen molar-refractivity contribution in [3.8, 4) is 0 Å². The third-order valence-corrected chi connectivity index (χ3v) is 1.91. The van der Waals surface area contributed by atoms with Gasteiger partial charge in [0.15, 0.2) is 6.39 Å². The lowest BCUT2D eigenvalue weighted by Crippen LogP contribution is -2.15. The molecule has 1 aromatic heterocycles. The first-order chi connectivity index (χ1) is 5.45. The second kappa shape index (κ2) is 3.05. The molecule has 11 heavy (non-hydrogen) atoms. The Hall–Kier alpha value is -0.830. The van der Waals surface area contributed by atoms with Crippen molar-refractivity contribution in [2.45, 2.75) is 19.4 Å². The van der Waals surface area contributed by atoms with E-state index in [0.717, 1.165) is 24.8 Å². The molecule has 1 aliphatic carbocycles. The summed E-state index contributed by atoms with van der Waals surface area (Å²) < 4.78 is 5.06. The quantitative estimate of drug-likeness (QED) is 0.703. The molecule has 0 unspecified atom stereocenters. The SMILES string of the molecule is c1ncc(CNCC2CC2)o1. The van der Waals surface area contributed by atoms with E-state index in [1.54, 1.807) is 6.20 Å². The summed E-state index contributed by atoms with van der Waals surface area (Å²) >= 11 is 0. The van der Waals surface area contributed by atoms with Gasteiger partial charge in [0.1, 0.15) is 5.76 Å². The van der Waals surface area contributed by atoms with Gasteiger partial charge in [-0.15, -0.1) is 0 Å². The molecule has 0 atom stereocenters. The van der Waals surface area contributed by atoms with E-state index >= 15 is 0 Å². The molecule has 0 aromatic carbocycles. The zero-order chi connectivity index (χ0) is 7.52. The van der Waals surface area contributed by atoms with Crippen LogP contribution in [0.25, 0.3) is 0 Å². The monoisotopic (exact) mass is 152 g/mol. The zero-order valence-electron chi connectivity index (χ0n) is 6.42. The summed E-state index contributed by atoms with van der Waals surface area (Å²) in [6.45, 7) is 1.94. The van der Waals surface area contributed by atoms with Crippen LogP contribution in [0.4, 0.5) is 0 Å². The summed E-state index contributed by atoms with van der Waals surface area (Å²) in [6.07, 6.45) is 6.00. The average molecular weight is 152 g/mol. The van der Waals surface area contributed by atoms with Crippen molar-refractivity contribution in [2.75, 3.05) is 6.54 Å². The lowest BCUT2D eigenvalue weighted by molar-refractivity contribution is 0.475. The molecule has 0 amide bonds. The Morgan fingerprint density at radius 2 is 2.55 bits per heavy atom. The molecule has 1 saturated carbocycles. The van der Waals surface area contributed by atoms with E-state index in [-0.39, 0.29) is 0 Å². The second-order valence-electron chi connectivity index (χ2n) is 3.04. The number of nitrogens with zero attached hydrogens (tertiary/aromatic N) is 1. The molecule has 1 N–H and O–H groups in total. The van der Waals surface area contributed by atoms with Crippen LogP contribution in [0, 0.1) is 5.92 Å². The Bertz CT molecular complexity index is 204. The van der Waals surface area contributed by atoms with Crippen LogP contribution in [0.2, 0.25) is 0 Å². The van der Waals surface area contributed by atoms with Crippen molar-refractivity contribution in [2.24, 2.45) is 5.92 Å². The highest BCUT2D eigenvalue weighted by atomic mass is 16.3. The molecule has 0 saturated heterocycles. The lowest BCUT2D eigenvalue weighted by Gasteiger charge is -1.98. The molecule has 0 spiro atoms. The van der Waals surface area contributed by atoms with E-state index in [2.05, 4.69) is 10.3 Å². The first-order valence-electron chi connectivity index (χ1n) is 4.03. The highest BCUT2D eigenvalue weighted by Gasteiger charge is 2.20. The fourth-order valence-electron chi connectivity index (χ4n) is 1.05. The molecular weight excluding hydrogens is 140 g/mol. The number of hydrogen-bond acceptors (Lipinski definition) is 3. The van der Waals surface area contributed by atoms with Crippen LogP contribution >= 0.6 is 0 Å². The van der Waals surface area contributed by atoms with Gasteiger partial charge in [0.05, 0.1) is 12.7 Å². The summed E-state index contributed by atoms with van der Waals surface area (Å²) in [6, 6.07) is 0. The van der Waals surface area contributed by atoms with E-state index in [4.69, 9.17) is 4.42 Å². The Kier molecular flexibility index (Phi) is 1.90. The van der Waals surface area contributed by atoms with Crippen LogP contribution in [-0.2, 0) is 6.54 Å². The van der Waals surface area contributed by atoms with Crippen molar-refractivity contribution in [1.29, 1.82) is 0 Å². The Morgan fingerprint density at radius 3 is 3.18 bits per heavy atom. The van der Waals surface area contributed by atoms with Crippen molar-refractivity contribution >= 4 is 0 Å². The lowest BCUT2D eigenvalue weighted by atomic mass is 10.4. The number of nitrogens with one attached hydrogen (secondary N) is 1. The molecule has 0 aliphatic heterocycles. The van der Waals surface area contributed by atoms with Crippen LogP contribution in [-0.4, -0.2) is 11.5 Å². The van der Waals surface area contributed by atoms with Gasteiger partial charge in [0.2, 0.25) is 0 Å². The van der Waals surface area contributed by atoms with Gasteiger partial charge in [-0.1, -0.05) is 0 Å². The maximum atomic E-state index is 5.06. The zero-order valence-corrected chi connectivity index (χ0v) is 6.42. The van der Waals surface area contributed by atoms with Gasteiger partial charge in [-0.3, -0.25) is 0 Å². The standard InChI is InChI=1S/C8H12N2O/c1-2-7(1)3-9-4-8-5-10-6-11-8/h5-7,9H,1-4H2. The normalized spacial score (nSPS) is 17.1. The molecule has 3 heteroatoms. The second-order valence-corrected chi connectivity index (χ2v) is 3.04. The fraction of sp³-hybridized carbons (Fsp3) is 0.625. The smallest absolute Gasteiger partial charge is 0.180 e. The third-order valence-electron chi connectivity index (χ3n) is 1.91. The van der Waals surface area contributed by atoms with E-state index in [0.29, 0.717) is 0 Å². The van der Waals surface area contributed by atoms with Crippen LogP contribution in [0.15, 0.2) is 17.0 Å². The summed E-state index contributed by atoms with van der Waals surface area (Å²) in [5.74, 6) is 1.85. The van der Waals surface area contributed by atoms with Crippen LogP contribution in [0.3, 0.4) is 0 Å². The van der Waals surface area contributed by atoms with Crippen molar-refractivity contribution < 1.29 is 4.42 Å².